The van der Waals surface area contributed by atoms with Crippen LogP contribution in [0, 0.1) is 0 Å². The number of pyridine rings is 2. The highest BCUT2D eigenvalue weighted by Gasteiger charge is 2.21. The molecule has 1 aliphatic rings. The molecule has 0 aliphatic carbocycles. The summed E-state index contributed by atoms with van der Waals surface area (Å²) in [5, 5.41) is 3.38. The van der Waals surface area contributed by atoms with E-state index in [0.29, 0.717) is 44.1 Å². The minimum absolute atomic E-state index is 0.0386. The largest absolute Gasteiger partial charge is 0.378 e. The van der Waals surface area contributed by atoms with Crippen molar-refractivity contribution in [1.29, 1.82) is 0 Å². The van der Waals surface area contributed by atoms with Crippen LogP contribution in [0.15, 0.2) is 67.3 Å². The second-order valence-corrected chi connectivity index (χ2v) is 10.6. The maximum absolute atomic E-state index is 13.1. The molecule has 9 heteroatoms. The van der Waals surface area contributed by atoms with Crippen LogP contribution >= 0.6 is 0 Å². The van der Waals surface area contributed by atoms with E-state index in [1.54, 1.807) is 29.4 Å². The van der Waals surface area contributed by atoms with Gasteiger partial charge in [0.1, 0.15) is 5.82 Å². The van der Waals surface area contributed by atoms with Crippen LogP contribution in [0.25, 0.3) is 16.8 Å². The molecule has 2 amide bonds. The van der Waals surface area contributed by atoms with Crippen molar-refractivity contribution < 1.29 is 14.3 Å². The number of fused-ring (bicyclic) bond motifs is 1. The Kier molecular flexibility index (Phi) is 8.11. The predicted octanol–water partition coefficient (Wildman–Crippen LogP) is 4.80. The van der Waals surface area contributed by atoms with E-state index in [4.69, 9.17) is 4.74 Å². The molecular weight excluding hydrogens is 504 g/mol. The summed E-state index contributed by atoms with van der Waals surface area (Å²) in [6.45, 7) is 10.5. The van der Waals surface area contributed by atoms with Crippen molar-refractivity contribution >= 4 is 29.0 Å². The summed E-state index contributed by atoms with van der Waals surface area (Å²) < 4.78 is 7.31. The molecule has 4 heterocycles. The Bertz CT molecular complexity index is 1480. The Labute approximate surface area is 234 Å². The molecule has 0 saturated carbocycles. The Morgan fingerprint density at radius 3 is 2.48 bits per heavy atom. The molecule has 0 spiro atoms. The Balaban J connectivity index is 1.37. The van der Waals surface area contributed by atoms with Crippen LogP contribution in [0.2, 0.25) is 0 Å². The molecular formula is C31H36N6O3. The third-order valence-electron chi connectivity index (χ3n) is 7.08. The Morgan fingerprint density at radius 1 is 1.00 bits per heavy atom. The molecule has 1 N–H and O–H groups in total. The number of hydrogen-bond acceptors (Lipinski definition) is 6. The fourth-order valence-electron chi connectivity index (χ4n) is 5.26. The fourth-order valence-corrected chi connectivity index (χ4v) is 5.26. The Morgan fingerprint density at radius 2 is 1.77 bits per heavy atom. The minimum atomic E-state index is -0.0386. The molecule has 3 aromatic heterocycles. The zero-order valence-corrected chi connectivity index (χ0v) is 23.5. The lowest BCUT2D eigenvalue weighted by Gasteiger charge is -2.31. The summed E-state index contributed by atoms with van der Waals surface area (Å²) in [6.07, 6.45) is 7.63. The highest BCUT2D eigenvalue weighted by Crippen LogP contribution is 2.28. The summed E-state index contributed by atoms with van der Waals surface area (Å²) in [5.74, 6) is 0.696. The first-order valence-electron chi connectivity index (χ1n) is 13.8. The van der Waals surface area contributed by atoms with Crippen LogP contribution in [0.5, 0.6) is 0 Å². The van der Waals surface area contributed by atoms with Crippen LogP contribution in [-0.2, 0) is 16.0 Å². The second-order valence-electron chi connectivity index (χ2n) is 10.6. The second kappa shape index (κ2) is 11.9. The molecule has 0 bridgehead atoms. The van der Waals surface area contributed by atoms with Gasteiger partial charge in [0.2, 0.25) is 5.91 Å². The molecule has 5 rings (SSSR count). The van der Waals surface area contributed by atoms with E-state index in [1.807, 2.05) is 73.7 Å². The number of ether oxygens (including phenoxy) is 1. The monoisotopic (exact) mass is 540 g/mol. The first kappa shape index (κ1) is 27.3. The van der Waals surface area contributed by atoms with Gasteiger partial charge in [0.25, 0.3) is 5.91 Å². The van der Waals surface area contributed by atoms with Crippen molar-refractivity contribution in [3.8, 4) is 11.1 Å². The number of rotatable bonds is 8. The van der Waals surface area contributed by atoms with E-state index in [0.717, 1.165) is 28.0 Å². The number of benzene rings is 1. The van der Waals surface area contributed by atoms with E-state index < -0.39 is 0 Å². The molecule has 208 valence electrons. The number of hydrogen-bond donors (Lipinski definition) is 1. The van der Waals surface area contributed by atoms with Gasteiger partial charge in [-0.2, -0.15) is 0 Å². The molecule has 4 aromatic rings. The number of amides is 2. The predicted molar refractivity (Wildman–Crippen MR) is 156 cm³/mol. The SMILES string of the molecule is CC(C)N(C(=O)Cc1cccc(-c2cc(Nc3ccc(C(=O)N4CCOCC4)cn3)c3nccn3c2)c1)C(C)C. The van der Waals surface area contributed by atoms with Gasteiger partial charge in [-0.3, -0.25) is 9.59 Å². The van der Waals surface area contributed by atoms with Gasteiger partial charge in [0, 0.05) is 55.5 Å². The number of carbonyl (C=O) groups excluding carboxylic acids is 2. The lowest BCUT2D eigenvalue weighted by Crippen LogP contribution is -2.42. The van der Waals surface area contributed by atoms with E-state index in [2.05, 4.69) is 21.4 Å². The smallest absolute Gasteiger partial charge is 0.255 e. The molecule has 1 aliphatic heterocycles. The summed E-state index contributed by atoms with van der Waals surface area (Å²) >= 11 is 0. The van der Waals surface area contributed by atoms with Gasteiger partial charge >= 0.3 is 0 Å². The van der Waals surface area contributed by atoms with Crippen molar-refractivity contribution in [3.63, 3.8) is 0 Å². The highest BCUT2D eigenvalue weighted by atomic mass is 16.5. The van der Waals surface area contributed by atoms with Gasteiger partial charge in [-0.25, -0.2) is 9.97 Å². The number of nitrogens with zero attached hydrogens (tertiary/aromatic N) is 5. The van der Waals surface area contributed by atoms with Crippen LogP contribution in [0.4, 0.5) is 11.5 Å². The van der Waals surface area contributed by atoms with Crippen LogP contribution in [-0.4, -0.2) is 74.4 Å². The van der Waals surface area contributed by atoms with Crippen molar-refractivity contribution in [2.24, 2.45) is 0 Å². The van der Waals surface area contributed by atoms with E-state index in [-0.39, 0.29) is 23.9 Å². The molecule has 0 atom stereocenters. The molecule has 1 fully saturated rings. The molecule has 0 radical (unpaired) electrons. The lowest BCUT2D eigenvalue weighted by atomic mass is 10.0. The average molecular weight is 541 g/mol. The highest BCUT2D eigenvalue weighted by molar-refractivity contribution is 5.94. The third kappa shape index (κ3) is 5.99. The molecule has 0 unspecified atom stereocenters. The molecule has 1 saturated heterocycles. The fraction of sp³-hybridized carbons (Fsp3) is 0.355. The number of anilines is 2. The summed E-state index contributed by atoms with van der Waals surface area (Å²) in [7, 11) is 0. The van der Waals surface area contributed by atoms with Gasteiger partial charge < -0.3 is 24.3 Å². The van der Waals surface area contributed by atoms with Gasteiger partial charge in [0.15, 0.2) is 5.65 Å². The van der Waals surface area contributed by atoms with Crippen LogP contribution in [0.1, 0.15) is 43.6 Å². The quantitative estimate of drug-likeness (QED) is 0.345. The molecule has 1 aromatic carbocycles. The summed E-state index contributed by atoms with van der Waals surface area (Å²) in [6, 6.07) is 14.0. The van der Waals surface area contributed by atoms with Gasteiger partial charge in [-0.05, 0) is 57.0 Å². The van der Waals surface area contributed by atoms with Crippen LogP contribution < -0.4 is 5.32 Å². The zero-order chi connectivity index (χ0) is 28.2. The van der Waals surface area contributed by atoms with Crippen molar-refractivity contribution in [2.45, 2.75) is 46.2 Å². The van der Waals surface area contributed by atoms with Gasteiger partial charge in [-0.1, -0.05) is 24.3 Å². The lowest BCUT2D eigenvalue weighted by molar-refractivity contribution is -0.134. The number of aromatic nitrogens is 3. The van der Waals surface area contributed by atoms with Gasteiger partial charge in [-0.15, -0.1) is 0 Å². The van der Waals surface area contributed by atoms with Crippen LogP contribution in [0.3, 0.4) is 0 Å². The average Bonchev–Trinajstić information content (AvgIpc) is 3.42. The minimum Gasteiger partial charge on any atom is -0.378 e. The van der Waals surface area contributed by atoms with Gasteiger partial charge in [0.05, 0.1) is 30.9 Å². The Hall–Kier alpha value is -4.24. The van der Waals surface area contributed by atoms with Crippen molar-refractivity contribution in [2.75, 3.05) is 31.6 Å². The summed E-state index contributed by atoms with van der Waals surface area (Å²) in [4.78, 5) is 38.6. The van der Waals surface area contributed by atoms with Crippen molar-refractivity contribution in [1.82, 2.24) is 24.2 Å². The third-order valence-corrected chi connectivity index (χ3v) is 7.08. The van der Waals surface area contributed by atoms with E-state index in [9.17, 15) is 9.59 Å². The number of imidazole rings is 1. The first-order valence-corrected chi connectivity index (χ1v) is 13.8. The van der Waals surface area contributed by atoms with Crippen molar-refractivity contribution in [3.05, 3.63) is 78.4 Å². The zero-order valence-electron chi connectivity index (χ0n) is 23.5. The number of nitrogens with one attached hydrogen (secondary N) is 1. The number of carbonyl (C=O) groups is 2. The number of morpholine rings is 1. The summed E-state index contributed by atoms with van der Waals surface area (Å²) in [5.41, 5.74) is 5.04. The first-order chi connectivity index (χ1) is 19.3. The maximum Gasteiger partial charge on any atom is 0.255 e. The maximum atomic E-state index is 13.1. The standard InChI is InChI=1S/C31H36N6O3/c1-21(2)37(22(3)4)29(38)17-23-6-5-7-24(16-23)26-18-27(30-32-10-11-36(30)20-26)34-28-9-8-25(19-33-28)31(39)35-12-14-40-15-13-35/h5-11,16,18-22H,12-15,17H2,1-4H3,(H,33,34). The van der Waals surface area contributed by atoms with E-state index >= 15 is 0 Å². The molecule has 9 nitrogen and oxygen atoms in total. The van der Waals surface area contributed by atoms with E-state index in [1.165, 1.54) is 0 Å². The normalized spacial score (nSPS) is 13.7. The molecule has 40 heavy (non-hydrogen) atoms. The topological polar surface area (TPSA) is 92.1 Å².